The summed E-state index contributed by atoms with van der Waals surface area (Å²) in [5.41, 5.74) is 10.0. The minimum atomic E-state index is -3.80. The van der Waals surface area contributed by atoms with Crippen molar-refractivity contribution < 1.29 is 31.9 Å². The number of benzene rings is 2. The monoisotopic (exact) mass is 595 g/mol. The Bertz CT molecular complexity index is 1720. The van der Waals surface area contributed by atoms with Crippen LogP contribution in [0.2, 0.25) is 0 Å². The lowest BCUT2D eigenvalue weighted by atomic mass is 10.00. The van der Waals surface area contributed by atoms with Gasteiger partial charge in [0, 0.05) is 47.9 Å². The largest absolute Gasteiger partial charge is 0.462 e. The number of aromatic amines is 1. The molecule has 0 unspecified atom stereocenters. The number of aryl methyl sites for hydroxylation is 1. The molecule has 222 valence electrons. The summed E-state index contributed by atoms with van der Waals surface area (Å²) in [4.78, 5) is 32.4. The van der Waals surface area contributed by atoms with E-state index < -0.39 is 34.2 Å². The predicted octanol–water partition coefficient (Wildman–Crippen LogP) is 2.83. The number of H-pyrrole nitrogens is 1. The molecule has 0 aliphatic carbocycles. The van der Waals surface area contributed by atoms with Gasteiger partial charge in [0.2, 0.25) is 10.0 Å². The van der Waals surface area contributed by atoms with Crippen LogP contribution in [0, 0.1) is 6.92 Å². The highest BCUT2D eigenvalue weighted by atomic mass is 32.2. The average molecular weight is 596 g/mol. The smallest absolute Gasteiger partial charge is 0.323 e. The second kappa shape index (κ2) is 11.6. The number of imidazole rings is 1. The zero-order chi connectivity index (χ0) is 30.2. The van der Waals surface area contributed by atoms with Gasteiger partial charge in [-0.05, 0) is 19.9 Å². The number of nitrogens with two attached hydrogens (primary N) is 1. The number of ether oxygens (including phenoxy) is 2. The topological polar surface area (TPSA) is 170 Å². The third kappa shape index (κ3) is 5.89. The van der Waals surface area contributed by atoms with E-state index in [0.29, 0.717) is 44.8 Å². The van der Waals surface area contributed by atoms with E-state index in [1.165, 1.54) is 17.7 Å². The molecule has 12 nitrogen and oxygen atoms in total. The van der Waals surface area contributed by atoms with E-state index >= 15 is 0 Å². The van der Waals surface area contributed by atoms with Gasteiger partial charge in [0.15, 0.2) is 0 Å². The number of carbonyl (C=O) groups excluding carboxylic acids is 2. The van der Waals surface area contributed by atoms with E-state index in [1.807, 2.05) is 31.2 Å². The molecule has 4 N–H and O–H groups in total. The number of hydrogen-bond acceptors (Lipinski definition) is 9. The fraction of sp³-hybridized carbons (Fsp3) is 0.345. The molecule has 1 aliphatic heterocycles. The van der Waals surface area contributed by atoms with Gasteiger partial charge in [-0.25, -0.2) is 13.4 Å². The van der Waals surface area contributed by atoms with Gasteiger partial charge < -0.3 is 29.9 Å². The molecule has 42 heavy (non-hydrogen) atoms. The van der Waals surface area contributed by atoms with Crippen LogP contribution in [0.1, 0.15) is 40.2 Å². The van der Waals surface area contributed by atoms with Crippen molar-refractivity contribution in [1.29, 1.82) is 0 Å². The van der Waals surface area contributed by atoms with E-state index in [9.17, 15) is 18.0 Å². The third-order valence-electron chi connectivity index (χ3n) is 7.19. The number of rotatable bonds is 8. The van der Waals surface area contributed by atoms with E-state index in [2.05, 4.69) is 15.3 Å². The summed E-state index contributed by atoms with van der Waals surface area (Å²) >= 11 is 0. The molecule has 0 radical (unpaired) electrons. The van der Waals surface area contributed by atoms with E-state index in [0.717, 1.165) is 11.8 Å². The molecule has 0 saturated carbocycles. The number of carbonyl (C=O) groups is 2. The van der Waals surface area contributed by atoms with Crippen molar-refractivity contribution in [2.45, 2.75) is 38.5 Å². The first kappa shape index (κ1) is 29.3. The molecule has 3 heterocycles. The van der Waals surface area contributed by atoms with Crippen molar-refractivity contribution >= 4 is 38.6 Å². The Labute approximate surface area is 243 Å². The summed E-state index contributed by atoms with van der Waals surface area (Å²) in [6.07, 6.45) is 2.95. The van der Waals surface area contributed by atoms with Crippen LogP contribution in [-0.2, 0) is 30.7 Å². The maximum absolute atomic E-state index is 13.1. The van der Waals surface area contributed by atoms with Crippen molar-refractivity contribution in [2.24, 2.45) is 5.73 Å². The van der Waals surface area contributed by atoms with Crippen molar-refractivity contribution in [3.8, 4) is 11.3 Å². The highest BCUT2D eigenvalue weighted by Gasteiger charge is 2.34. The first-order chi connectivity index (χ1) is 20.0. The molecule has 1 amide bonds. The lowest BCUT2D eigenvalue weighted by molar-refractivity contribution is -0.150. The number of fused-ring (bicyclic) bond motifs is 2. The molecule has 3 atom stereocenters. The van der Waals surface area contributed by atoms with Crippen molar-refractivity contribution in [1.82, 2.24) is 15.3 Å². The summed E-state index contributed by atoms with van der Waals surface area (Å²) in [5, 5.41) is 3.19. The zero-order valence-electron chi connectivity index (χ0n) is 23.7. The zero-order valence-corrected chi connectivity index (χ0v) is 24.5. The molecule has 5 rings (SSSR count). The number of furan rings is 1. The Kier molecular flexibility index (Phi) is 8.08. The molecule has 13 heteroatoms. The van der Waals surface area contributed by atoms with Gasteiger partial charge in [-0.1, -0.05) is 29.8 Å². The molecule has 0 spiro atoms. The molecular formula is C29H33N5O7S. The minimum Gasteiger partial charge on any atom is -0.462 e. The number of hydrogen-bond donors (Lipinski definition) is 3. The normalized spacial score (nSPS) is 17.9. The molecule has 4 aromatic rings. The predicted molar refractivity (Wildman–Crippen MR) is 156 cm³/mol. The summed E-state index contributed by atoms with van der Waals surface area (Å²) in [6, 6.07) is 9.98. The van der Waals surface area contributed by atoms with E-state index in [1.54, 1.807) is 25.3 Å². The summed E-state index contributed by atoms with van der Waals surface area (Å²) in [7, 11) is -2.27. The average Bonchev–Trinajstić information content (AvgIpc) is 3.57. The number of sulfonamides is 1. The fourth-order valence-corrected chi connectivity index (χ4v) is 5.99. The minimum absolute atomic E-state index is 0.113. The summed E-state index contributed by atoms with van der Waals surface area (Å²) < 4.78 is 45.1. The lowest BCUT2D eigenvalue weighted by Crippen LogP contribution is -2.41. The molecule has 1 aliphatic rings. The molecule has 0 fully saturated rings. The van der Waals surface area contributed by atoms with Gasteiger partial charge in [0.1, 0.15) is 30.1 Å². The first-order valence-electron chi connectivity index (χ1n) is 13.4. The Morgan fingerprint density at radius 2 is 2.00 bits per heavy atom. The van der Waals surface area contributed by atoms with Crippen LogP contribution in [0.25, 0.3) is 22.3 Å². The Morgan fingerprint density at radius 1 is 1.26 bits per heavy atom. The van der Waals surface area contributed by atoms with Crippen LogP contribution in [0.5, 0.6) is 0 Å². The van der Waals surface area contributed by atoms with Gasteiger partial charge in [0.05, 0.1) is 36.5 Å². The van der Waals surface area contributed by atoms with Crippen molar-refractivity contribution in [2.75, 3.05) is 30.8 Å². The van der Waals surface area contributed by atoms with Crippen LogP contribution in [0.3, 0.4) is 0 Å². The van der Waals surface area contributed by atoms with Gasteiger partial charge in [-0.15, -0.1) is 0 Å². The second-order valence-electron chi connectivity index (χ2n) is 10.4. The van der Waals surface area contributed by atoms with Crippen LogP contribution in [0.4, 0.5) is 5.69 Å². The van der Waals surface area contributed by atoms with Gasteiger partial charge >= 0.3 is 5.97 Å². The SMILES string of the molecule is CNC(=O)c1c(-c2ccc(C)cc2)oc2cc3c(cc12)[C@H](C)O[C@H](COC(=O)[C@@H](N)Cc1cnc[nH]1)CN3S(C)(=O)=O. The Balaban J connectivity index is 1.49. The lowest BCUT2D eigenvalue weighted by Gasteiger charge is -2.25. The van der Waals surface area contributed by atoms with Gasteiger partial charge in [0.25, 0.3) is 5.91 Å². The van der Waals surface area contributed by atoms with Crippen LogP contribution in [0.15, 0.2) is 53.3 Å². The number of amides is 1. The highest BCUT2D eigenvalue weighted by Crippen LogP contribution is 2.42. The molecule has 2 aromatic carbocycles. The maximum atomic E-state index is 13.1. The fourth-order valence-electron chi connectivity index (χ4n) is 5.04. The molecule has 0 saturated heterocycles. The second-order valence-corrected chi connectivity index (χ2v) is 12.3. The summed E-state index contributed by atoms with van der Waals surface area (Å²) in [6.45, 7) is 3.41. The van der Waals surface area contributed by atoms with Gasteiger partial charge in [-0.3, -0.25) is 13.9 Å². The molecule has 0 bridgehead atoms. The van der Waals surface area contributed by atoms with Crippen molar-refractivity contribution in [3.05, 3.63) is 71.3 Å². The van der Waals surface area contributed by atoms with Crippen LogP contribution in [-0.4, -0.2) is 68.9 Å². The number of nitrogens with one attached hydrogen (secondary N) is 2. The van der Waals surface area contributed by atoms with Gasteiger partial charge in [-0.2, -0.15) is 0 Å². The maximum Gasteiger partial charge on any atom is 0.323 e. The standard InChI is InChI=1S/C29H33N5O7S/c1-16-5-7-18(8-6-16)27-26(28(35)31-3)22-10-21-17(2)40-20(13-34(42(4,37)38)24(21)11-25(22)41-27)14-39-29(36)23(30)9-19-12-32-15-33-19/h5-8,10-12,15,17,20,23H,9,13-14,30H2,1-4H3,(H,31,35)(H,32,33)/t17-,20-,23-/m0/s1. The Morgan fingerprint density at radius 3 is 2.64 bits per heavy atom. The highest BCUT2D eigenvalue weighted by molar-refractivity contribution is 7.92. The number of aromatic nitrogens is 2. The first-order valence-corrected chi connectivity index (χ1v) is 15.2. The van der Waals surface area contributed by atoms with Crippen LogP contribution >= 0.6 is 0 Å². The quantitative estimate of drug-likeness (QED) is 0.259. The number of anilines is 1. The summed E-state index contributed by atoms with van der Waals surface area (Å²) in [5.74, 6) is -0.618. The Hall–Kier alpha value is -4.20. The van der Waals surface area contributed by atoms with E-state index in [-0.39, 0.29) is 25.5 Å². The number of nitrogens with zero attached hydrogens (tertiary/aromatic N) is 2. The number of esters is 1. The van der Waals surface area contributed by atoms with Crippen LogP contribution < -0.4 is 15.4 Å². The van der Waals surface area contributed by atoms with E-state index in [4.69, 9.17) is 19.6 Å². The molecular weight excluding hydrogens is 562 g/mol. The third-order valence-corrected chi connectivity index (χ3v) is 8.33. The molecule has 2 aromatic heterocycles. The van der Waals surface area contributed by atoms with Crippen molar-refractivity contribution in [3.63, 3.8) is 0 Å².